The van der Waals surface area contributed by atoms with E-state index in [1.54, 1.807) is 0 Å². The molecule has 25 heavy (non-hydrogen) atoms. The highest BCUT2D eigenvalue weighted by atomic mass is 15.1. The molecule has 3 aromatic rings. The zero-order chi connectivity index (χ0) is 18.4. The summed E-state index contributed by atoms with van der Waals surface area (Å²) < 4.78 is 6.57. The molecule has 1 aromatic carbocycles. The van der Waals surface area contributed by atoms with Gasteiger partial charge in [0.1, 0.15) is 19.4 Å². The normalized spacial score (nSPS) is 11.8. The number of imidazole rings is 1. The Morgan fingerprint density at radius 3 is 2.20 bits per heavy atom. The van der Waals surface area contributed by atoms with Crippen LogP contribution < -0.4 is 9.13 Å². The summed E-state index contributed by atoms with van der Waals surface area (Å²) in [7, 11) is 6.32. The predicted molar refractivity (Wildman–Crippen MR) is 102 cm³/mol. The molecule has 0 N–H and O–H groups in total. The number of benzene rings is 1. The highest BCUT2D eigenvalue weighted by Gasteiger charge is 2.23. The molecule has 3 heteroatoms. The summed E-state index contributed by atoms with van der Waals surface area (Å²) in [5, 5.41) is 0. The average molecular weight is 335 g/mol. The van der Waals surface area contributed by atoms with E-state index in [0.29, 0.717) is 0 Å². The zero-order valence-corrected chi connectivity index (χ0v) is 16.5. The Morgan fingerprint density at radius 2 is 1.60 bits per heavy atom. The first-order chi connectivity index (χ1) is 11.7. The molecule has 0 fully saturated rings. The molecule has 2 aromatic heterocycles. The van der Waals surface area contributed by atoms with E-state index in [2.05, 4.69) is 111 Å². The van der Waals surface area contributed by atoms with Gasteiger partial charge < -0.3 is 0 Å². The molecule has 0 unspecified atom stereocenters. The minimum atomic E-state index is 0.138. The largest absolute Gasteiger partial charge is 0.288 e. The smallest absolute Gasteiger partial charge is 0.233 e. The number of hydrogen-bond acceptors (Lipinski definition) is 0. The molecule has 0 saturated carbocycles. The maximum atomic E-state index is 2.33. The van der Waals surface area contributed by atoms with Crippen molar-refractivity contribution in [2.24, 2.45) is 21.1 Å². The SMILES string of the molecule is Cc1c(-c2cc(C(C)(C)C)cc[n+]2C)cccc1-c1n(C)cc[n+]1C. The van der Waals surface area contributed by atoms with Gasteiger partial charge in [-0.05, 0) is 35.6 Å². The third-order valence-corrected chi connectivity index (χ3v) is 5.05. The van der Waals surface area contributed by atoms with Crippen molar-refractivity contribution in [1.82, 2.24) is 4.57 Å². The number of pyridine rings is 1. The van der Waals surface area contributed by atoms with Gasteiger partial charge in [0.15, 0.2) is 6.20 Å². The number of rotatable bonds is 2. The summed E-state index contributed by atoms with van der Waals surface area (Å²) in [6.45, 7) is 9.01. The van der Waals surface area contributed by atoms with Crippen LogP contribution in [-0.4, -0.2) is 4.57 Å². The first-order valence-corrected chi connectivity index (χ1v) is 8.81. The van der Waals surface area contributed by atoms with E-state index in [9.17, 15) is 0 Å². The third kappa shape index (κ3) is 3.11. The average Bonchev–Trinajstić information content (AvgIpc) is 2.86. The Bertz CT molecular complexity index is 907. The predicted octanol–water partition coefficient (Wildman–Crippen LogP) is 3.61. The van der Waals surface area contributed by atoms with Gasteiger partial charge in [-0.15, -0.1) is 0 Å². The molecule has 0 aliphatic carbocycles. The fourth-order valence-corrected chi connectivity index (χ4v) is 3.43. The molecule has 0 radical (unpaired) electrons. The van der Waals surface area contributed by atoms with Gasteiger partial charge in [0, 0.05) is 17.7 Å². The first-order valence-electron chi connectivity index (χ1n) is 8.81. The Kier molecular flexibility index (Phi) is 4.28. The lowest BCUT2D eigenvalue weighted by Crippen LogP contribution is -2.32. The molecule has 0 atom stereocenters. The molecule has 0 amide bonds. The van der Waals surface area contributed by atoms with E-state index >= 15 is 0 Å². The molecular formula is C22H29N3+2. The molecule has 130 valence electrons. The van der Waals surface area contributed by atoms with Crippen molar-refractivity contribution in [2.45, 2.75) is 33.1 Å². The van der Waals surface area contributed by atoms with Gasteiger partial charge in [0.25, 0.3) is 5.82 Å². The van der Waals surface area contributed by atoms with Gasteiger partial charge in [-0.3, -0.25) is 0 Å². The Balaban J connectivity index is 2.22. The number of nitrogens with zero attached hydrogens (tertiary/aromatic N) is 3. The fourth-order valence-electron chi connectivity index (χ4n) is 3.43. The van der Waals surface area contributed by atoms with Crippen LogP contribution in [0.1, 0.15) is 31.9 Å². The van der Waals surface area contributed by atoms with E-state index in [4.69, 9.17) is 0 Å². The van der Waals surface area contributed by atoms with Crippen molar-refractivity contribution >= 4 is 0 Å². The van der Waals surface area contributed by atoms with Crippen LogP contribution >= 0.6 is 0 Å². The van der Waals surface area contributed by atoms with Gasteiger partial charge >= 0.3 is 0 Å². The van der Waals surface area contributed by atoms with Gasteiger partial charge in [0.05, 0.1) is 19.7 Å². The van der Waals surface area contributed by atoms with Crippen LogP contribution in [0.3, 0.4) is 0 Å². The quantitative estimate of drug-likeness (QED) is 0.635. The fraction of sp³-hybridized carbons (Fsp3) is 0.364. The molecule has 0 bridgehead atoms. The second kappa shape index (κ2) is 6.14. The second-order valence-electron chi connectivity index (χ2n) is 7.98. The van der Waals surface area contributed by atoms with E-state index in [0.717, 1.165) is 0 Å². The number of aryl methyl sites for hydroxylation is 3. The second-order valence-corrected chi connectivity index (χ2v) is 7.98. The van der Waals surface area contributed by atoms with Crippen molar-refractivity contribution in [3.63, 3.8) is 0 Å². The molecule has 2 heterocycles. The van der Waals surface area contributed by atoms with Crippen molar-refractivity contribution in [3.8, 4) is 22.6 Å². The summed E-state index contributed by atoms with van der Waals surface area (Å²) in [4.78, 5) is 0. The molecule has 0 aliphatic heterocycles. The van der Waals surface area contributed by atoms with Crippen molar-refractivity contribution in [3.05, 3.63) is 60.0 Å². The summed E-state index contributed by atoms with van der Waals surface area (Å²) in [5.41, 5.74) is 6.61. The highest BCUT2D eigenvalue weighted by molar-refractivity contribution is 5.72. The van der Waals surface area contributed by atoms with Crippen LogP contribution in [0.5, 0.6) is 0 Å². The van der Waals surface area contributed by atoms with Crippen LogP contribution in [0.4, 0.5) is 0 Å². The molecule has 3 rings (SSSR count). The van der Waals surface area contributed by atoms with Crippen LogP contribution in [-0.2, 0) is 26.6 Å². The lowest BCUT2D eigenvalue weighted by atomic mass is 9.86. The maximum absolute atomic E-state index is 2.33. The molecular weight excluding hydrogens is 306 g/mol. The molecule has 0 spiro atoms. The van der Waals surface area contributed by atoms with Gasteiger partial charge in [-0.25, -0.2) is 13.7 Å². The third-order valence-electron chi connectivity index (χ3n) is 5.05. The van der Waals surface area contributed by atoms with Crippen molar-refractivity contribution in [1.29, 1.82) is 0 Å². The topological polar surface area (TPSA) is 12.7 Å². The maximum Gasteiger partial charge on any atom is 0.288 e. The summed E-state index contributed by atoms with van der Waals surface area (Å²) in [5.74, 6) is 1.22. The van der Waals surface area contributed by atoms with Gasteiger partial charge in [-0.2, -0.15) is 0 Å². The van der Waals surface area contributed by atoms with Crippen molar-refractivity contribution in [2.75, 3.05) is 0 Å². The van der Waals surface area contributed by atoms with Crippen LogP contribution in [0.25, 0.3) is 22.6 Å². The molecule has 3 nitrogen and oxygen atoms in total. The van der Waals surface area contributed by atoms with Gasteiger partial charge in [-0.1, -0.05) is 26.8 Å². The van der Waals surface area contributed by atoms with Crippen LogP contribution in [0, 0.1) is 6.92 Å². The highest BCUT2D eigenvalue weighted by Crippen LogP contribution is 2.31. The zero-order valence-electron chi connectivity index (χ0n) is 16.5. The van der Waals surface area contributed by atoms with E-state index in [-0.39, 0.29) is 5.41 Å². The minimum Gasteiger partial charge on any atom is -0.233 e. The van der Waals surface area contributed by atoms with Crippen LogP contribution in [0.15, 0.2) is 48.9 Å². The monoisotopic (exact) mass is 335 g/mol. The van der Waals surface area contributed by atoms with Crippen molar-refractivity contribution < 1.29 is 9.13 Å². The summed E-state index contributed by atoms with van der Waals surface area (Å²) in [6, 6.07) is 11.1. The number of hydrogen-bond donors (Lipinski definition) is 0. The first kappa shape index (κ1) is 17.4. The molecule has 0 aliphatic rings. The number of aromatic nitrogens is 3. The lowest BCUT2D eigenvalue weighted by Gasteiger charge is -2.19. The Morgan fingerprint density at radius 1 is 0.920 bits per heavy atom. The Hall–Kier alpha value is -2.42. The van der Waals surface area contributed by atoms with E-state index < -0.39 is 0 Å². The van der Waals surface area contributed by atoms with E-state index in [1.807, 2.05) is 0 Å². The molecule has 0 saturated heterocycles. The summed E-state index contributed by atoms with van der Waals surface area (Å²) in [6.07, 6.45) is 6.37. The van der Waals surface area contributed by atoms with E-state index in [1.165, 1.54) is 33.8 Å². The van der Waals surface area contributed by atoms with Crippen LogP contribution in [0.2, 0.25) is 0 Å². The standard InChI is InChI=1S/C22H29N3/c1-16-18(20-15-17(22(2,3)4)11-12-23(20)5)9-8-10-19(16)21-24(6)13-14-25(21)7/h8-15H,1-7H3/q+2. The minimum absolute atomic E-state index is 0.138. The summed E-state index contributed by atoms with van der Waals surface area (Å²) >= 11 is 0. The lowest BCUT2D eigenvalue weighted by molar-refractivity contribution is -0.660. The van der Waals surface area contributed by atoms with Gasteiger partial charge in [0.2, 0.25) is 5.69 Å². The Labute approximate surface area is 151 Å².